The van der Waals surface area contributed by atoms with Crippen molar-refractivity contribution in [2.24, 2.45) is 5.92 Å². The first-order valence-electron chi connectivity index (χ1n) is 8.86. The molecule has 3 aliphatic heterocycles. The average molecular weight is 357 g/mol. The fourth-order valence-electron chi connectivity index (χ4n) is 3.95. The minimum Gasteiger partial charge on any atom is -0.445 e. The summed E-state index contributed by atoms with van der Waals surface area (Å²) in [6, 6.07) is 8.45. The number of thiazole rings is 1. The lowest BCUT2D eigenvalue weighted by Crippen LogP contribution is -2.62. The zero-order valence-electron chi connectivity index (χ0n) is 14.6. The molecule has 3 fully saturated rings. The molecule has 0 saturated carbocycles. The lowest BCUT2D eigenvalue weighted by atomic mass is 9.79. The molecule has 5 nitrogen and oxygen atoms in total. The van der Waals surface area contributed by atoms with Crippen molar-refractivity contribution >= 4 is 17.2 Å². The summed E-state index contributed by atoms with van der Waals surface area (Å²) in [5, 5.41) is 4.32. The molecule has 6 heteroatoms. The maximum absolute atomic E-state index is 12.6. The van der Waals surface area contributed by atoms with Crippen molar-refractivity contribution in [2.75, 3.05) is 13.1 Å². The molecule has 0 radical (unpaired) electrons. The zero-order valence-corrected chi connectivity index (χ0v) is 15.4. The molecule has 1 amide bonds. The second kappa shape index (κ2) is 6.77. The molecule has 1 aromatic carbocycles. The Morgan fingerprint density at radius 3 is 2.80 bits per heavy atom. The van der Waals surface area contributed by atoms with Gasteiger partial charge in [0.15, 0.2) is 5.01 Å². The molecule has 2 aromatic rings. The van der Waals surface area contributed by atoms with E-state index in [4.69, 9.17) is 4.74 Å². The Bertz CT molecular complexity index is 766. The largest absolute Gasteiger partial charge is 0.445 e. The van der Waals surface area contributed by atoms with Gasteiger partial charge in [-0.3, -0.25) is 9.69 Å². The van der Waals surface area contributed by atoms with Crippen molar-refractivity contribution in [3.05, 3.63) is 41.0 Å². The van der Waals surface area contributed by atoms with Crippen LogP contribution in [0.3, 0.4) is 0 Å². The van der Waals surface area contributed by atoms with E-state index >= 15 is 0 Å². The third kappa shape index (κ3) is 3.28. The molecule has 3 aliphatic rings. The molecule has 5 rings (SSSR count). The lowest BCUT2D eigenvalue weighted by Gasteiger charge is -2.49. The first-order valence-corrected chi connectivity index (χ1v) is 9.67. The third-order valence-electron chi connectivity index (χ3n) is 5.46. The predicted octanol–water partition coefficient (Wildman–Crippen LogP) is 3.46. The van der Waals surface area contributed by atoms with Gasteiger partial charge in [0.05, 0.1) is 6.20 Å². The smallest absolute Gasteiger partial charge is 0.280 e. The minimum atomic E-state index is -0.0877. The number of fused-ring (bicyclic) bond motifs is 3. The molecule has 2 bridgehead atoms. The normalized spacial score (nSPS) is 27.9. The second-order valence-corrected chi connectivity index (χ2v) is 7.96. The van der Waals surface area contributed by atoms with Crippen LogP contribution in [0.2, 0.25) is 0 Å². The molecule has 1 aromatic heterocycles. The van der Waals surface area contributed by atoms with E-state index in [-0.39, 0.29) is 11.9 Å². The van der Waals surface area contributed by atoms with Crippen molar-refractivity contribution in [3.8, 4) is 10.8 Å². The molecule has 4 heterocycles. The van der Waals surface area contributed by atoms with Crippen LogP contribution in [0.4, 0.5) is 0 Å². The average Bonchev–Trinajstić information content (AvgIpc) is 3.09. The van der Waals surface area contributed by atoms with E-state index in [1.54, 1.807) is 6.20 Å². The van der Waals surface area contributed by atoms with E-state index in [0.29, 0.717) is 22.0 Å². The van der Waals surface area contributed by atoms with Crippen LogP contribution < -0.4 is 10.1 Å². The second-order valence-electron chi connectivity index (χ2n) is 6.97. The van der Waals surface area contributed by atoms with Gasteiger partial charge in [-0.25, -0.2) is 4.98 Å². The summed E-state index contributed by atoms with van der Waals surface area (Å²) in [6.07, 6.45) is 3.98. The van der Waals surface area contributed by atoms with E-state index in [9.17, 15) is 4.79 Å². The summed E-state index contributed by atoms with van der Waals surface area (Å²) in [5.41, 5.74) is 1.06. The molecule has 132 valence electrons. The Labute approximate surface area is 152 Å². The van der Waals surface area contributed by atoms with Crippen LogP contribution in [0.5, 0.6) is 10.8 Å². The molecular weight excluding hydrogens is 334 g/mol. The SMILES string of the molecule is Cc1ccccc1Oc1cnc(C(=O)NC2C3CCN(CC3)C2C)s1. The van der Waals surface area contributed by atoms with Crippen LogP contribution in [-0.2, 0) is 0 Å². The summed E-state index contributed by atoms with van der Waals surface area (Å²) in [6.45, 7) is 6.53. The first kappa shape index (κ1) is 16.5. The number of amides is 1. The molecular formula is C19H23N3O2S. The number of aryl methyl sites for hydroxylation is 1. The summed E-state index contributed by atoms with van der Waals surface area (Å²) in [7, 11) is 0. The number of nitrogens with zero attached hydrogens (tertiary/aromatic N) is 2. The Morgan fingerprint density at radius 1 is 1.32 bits per heavy atom. The Kier molecular flexibility index (Phi) is 4.48. The predicted molar refractivity (Wildman–Crippen MR) is 98.4 cm³/mol. The fraction of sp³-hybridized carbons (Fsp3) is 0.474. The number of aromatic nitrogens is 1. The first-order chi connectivity index (χ1) is 12.1. The van der Waals surface area contributed by atoms with Crippen molar-refractivity contribution in [1.29, 1.82) is 0 Å². The van der Waals surface area contributed by atoms with Gasteiger partial charge in [-0.1, -0.05) is 29.5 Å². The molecule has 0 aliphatic carbocycles. The molecule has 1 N–H and O–H groups in total. The zero-order chi connectivity index (χ0) is 17.4. The summed E-state index contributed by atoms with van der Waals surface area (Å²) in [4.78, 5) is 19.4. The van der Waals surface area contributed by atoms with E-state index in [1.807, 2.05) is 31.2 Å². The highest BCUT2D eigenvalue weighted by molar-refractivity contribution is 7.15. The number of hydrogen-bond acceptors (Lipinski definition) is 5. The summed E-state index contributed by atoms with van der Waals surface area (Å²) in [5.74, 6) is 1.30. The number of benzene rings is 1. The Morgan fingerprint density at radius 2 is 2.08 bits per heavy atom. The molecule has 3 saturated heterocycles. The van der Waals surface area contributed by atoms with Crippen molar-refractivity contribution in [2.45, 2.75) is 38.8 Å². The van der Waals surface area contributed by atoms with Crippen LogP contribution in [0, 0.1) is 12.8 Å². The van der Waals surface area contributed by atoms with E-state index in [2.05, 4.69) is 22.1 Å². The lowest BCUT2D eigenvalue weighted by molar-refractivity contribution is 0.0217. The van der Waals surface area contributed by atoms with Gasteiger partial charge in [0, 0.05) is 12.1 Å². The van der Waals surface area contributed by atoms with Crippen molar-refractivity contribution in [3.63, 3.8) is 0 Å². The van der Waals surface area contributed by atoms with Crippen molar-refractivity contribution < 1.29 is 9.53 Å². The van der Waals surface area contributed by atoms with Gasteiger partial charge < -0.3 is 10.1 Å². The number of carbonyl (C=O) groups is 1. The number of nitrogens with one attached hydrogen (secondary N) is 1. The van der Waals surface area contributed by atoms with Gasteiger partial charge in [-0.05, 0) is 57.3 Å². The van der Waals surface area contributed by atoms with Crippen molar-refractivity contribution in [1.82, 2.24) is 15.2 Å². The minimum absolute atomic E-state index is 0.0877. The van der Waals surface area contributed by atoms with Gasteiger partial charge in [-0.2, -0.15) is 0 Å². The molecule has 25 heavy (non-hydrogen) atoms. The number of ether oxygens (including phenoxy) is 1. The number of para-hydroxylation sites is 1. The van der Waals surface area contributed by atoms with Crippen LogP contribution in [-0.4, -0.2) is 41.0 Å². The third-order valence-corrected chi connectivity index (χ3v) is 6.33. The Hall–Kier alpha value is -1.92. The molecule has 2 atom stereocenters. The maximum atomic E-state index is 12.6. The van der Waals surface area contributed by atoms with E-state index in [1.165, 1.54) is 24.2 Å². The highest BCUT2D eigenvalue weighted by Gasteiger charge is 2.40. The van der Waals surface area contributed by atoms with Crippen LogP contribution >= 0.6 is 11.3 Å². The fourth-order valence-corrected chi connectivity index (χ4v) is 4.63. The van der Waals surface area contributed by atoms with Gasteiger partial charge >= 0.3 is 0 Å². The van der Waals surface area contributed by atoms with Crippen LogP contribution in [0.15, 0.2) is 30.5 Å². The topological polar surface area (TPSA) is 54.5 Å². The molecule has 2 unspecified atom stereocenters. The maximum Gasteiger partial charge on any atom is 0.280 e. The number of piperidine rings is 3. The standard InChI is InChI=1S/C19H23N3O2S/c1-12-5-3-4-6-15(12)24-16-11-20-19(25-16)18(23)21-17-13(2)22-9-7-14(17)8-10-22/h3-6,11,13-14,17H,7-10H2,1-2H3,(H,21,23). The summed E-state index contributed by atoms with van der Waals surface area (Å²) < 4.78 is 5.87. The quantitative estimate of drug-likeness (QED) is 0.910. The number of rotatable bonds is 4. The van der Waals surface area contributed by atoms with Crippen LogP contribution in [0.1, 0.15) is 35.1 Å². The highest BCUT2D eigenvalue weighted by Crippen LogP contribution is 2.33. The van der Waals surface area contributed by atoms with Gasteiger partial charge in [-0.15, -0.1) is 0 Å². The monoisotopic (exact) mass is 357 g/mol. The number of hydrogen-bond donors (Lipinski definition) is 1. The number of carbonyl (C=O) groups excluding carboxylic acids is 1. The van der Waals surface area contributed by atoms with Gasteiger partial charge in [0.2, 0.25) is 5.06 Å². The van der Waals surface area contributed by atoms with E-state index in [0.717, 1.165) is 24.4 Å². The van der Waals surface area contributed by atoms with Gasteiger partial charge in [0.1, 0.15) is 5.75 Å². The Balaban J connectivity index is 1.43. The van der Waals surface area contributed by atoms with Gasteiger partial charge in [0.25, 0.3) is 5.91 Å². The molecule has 0 spiro atoms. The highest BCUT2D eigenvalue weighted by atomic mass is 32.1. The summed E-state index contributed by atoms with van der Waals surface area (Å²) >= 11 is 1.30. The van der Waals surface area contributed by atoms with E-state index < -0.39 is 0 Å². The van der Waals surface area contributed by atoms with Crippen LogP contribution in [0.25, 0.3) is 0 Å².